The van der Waals surface area contributed by atoms with Gasteiger partial charge in [0.05, 0.1) is 19.8 Å². The third kappa shape index (κ3) is 5.29. The van der Waals surface area contributed by atoms with Crippen molar-refractivity contribution in [1.29, 1.82) is 0 Å². The molecule has 0 aliphatic carbocycles. The summed E-state index contributed by atoms with van der Waals surface area (Å²) in [6.07, 6.45) is 4.18. The molecular formula is C30H30ClN3O4. The molecule has 4 rings (SSSR count). The Morgan fingerprint density at radius 3 is 2.42 bits per heavy atom. The maximum absolute atomic E-state index is 12.6. The van der Waals surface area contributed by atoms with Crippen LogP contribution < -0.4 is 15.1 Å². The zero-order chi connectivity index (χ0) is 27.3. The second-order valence-corrected chi connectivity index (χ2v) is 9.47. The number of benzene rings is 3. The molecule has 1 amide bonds. The largest absolute Gasteiger partial charge is 0.497 e. The third-order valence-corrected chi connectivity index (χ3v) is 7.17. The second kappa shape index (κ2) is 11.5. The van der Waals surface area contributed by atoms with E-state index in [-0.39, 0.29) is 5.91 Å². The van der Waals surface area contributed by atoms with Crippen LogP contribution in [0, 0.1) is 0 Å². The van der Waals surface area contributed by atoms with E-state index in [0.717, 1.165) is 34.8 Å². The number of nitrogens with one attached hydrogen (secondary N) is 1. The molecule has 1 aliphatic rings. The summed E-state index contributed by atoms with van der Waals surface area (Å²) < 4.78 is 10.2. The molecular weight excluding hydrogens is 502 g/mol. The number of methoxy groups -OCH3 is 2. The number of amides is 1. The van der Waals surface area contributed by atoms with Gasteiger partial charge in [0.15, 0.2) is 0 Å². The number of esters is 1. The molecule has 0 fully saturated rings. The van der Waals surface area contributed by atoms with Gasteiger partial charge in [-0.05, 0) is 86.0 Å². The monoisotopic (exact) mass is 531 g/mol. The van der Waals surface area contributed by atoms with E-state index >= 15 is 0 Å². The summed E-state index contributed by atoms with van der Waals surface area (Å²) in [6, 6.07) is 20.1. The van der Waals surface area contributed by atoms with Crippen molar-refractivity contribution in [3.63, 3.8) is 0 Å². The predicted octanol–water partition coefficient (Wildman–Crippen LogP) is 5.78. The van der Waals surface area contributed by atoms with Crippen LogP contribution in [0.4, 0.5) is 5.69 Å². The summed E-state index contributed by atoms with van der Waals surface area (Å²) in [6.45, 7) is 5.03. The van der Waals surface area contributed by atoms with Gasteiger partial charge in [-0.2, -0.15) is 5.10 Å². The molecule has 7 nitrogen and oxygen atoms in total. The van der Waals surface area contributed by atoms with Crippen molar-refractivity contribution in [2.45, 2.75) is 25.7 Å². The Balaban J connectivity index is 1.63. The first-order valence-electron chi connectivity index (χ1n) is 12.2. The molecule has 0 bridgehead atoms. The smallest absolute Gasteiger partial charge is 0.337 e. The quantitative estimate of drug-likeness (QED) is 0.226. The molecule has 0 saturated carbocycles. The Kier molecular flexibility index (Phi) is 8.17. The van der Waals surface area contributed by atoms with E-state index in [2.05, 4.69) is 41.4 Å². The number of anilines is 1. The number of halogens is 1. The zero-order valence-corrected chi connectivity index (χ0v) is 22.6. The lowest BCUT2D eigenvalue weighted by molar-refractivity contribution is 0.0600. The van der Waals surface area contributed by atoms with Crippen LogP contribution in [-0.4, -0.2) is 38.9 Å². The van der Waals surface area contributed by atoms with Gasteiger partial charge >= 0.3 is 5.97 Å². The highest BCUT2D eigenvalue weighted by Gasteiger charge is 2.43. The highest BCUT2D eigenvalue weighted by molar-refractivity contribution is 6.31. The number of likely N-dealkylation sites (N-methyl/N-ethyl adjacent to an activating group) is 1. The van der Waals surface area contributed by atoms with Crippen LogP contribution in [0.15, 0.2) is 83.6 Å². The van der Waals surface area contributed by atoms with E-state index in [1.54, 1.807) is 25.5 Å². The van der Waals surface area contributed by atoms with Gasteiger partial charge in [-0.1, -0.05) is 29.8 Å². The van der Waals surface area contributed by atoms with E-state index in [0.29, 0.717) is 22.6 Å². The van der Waals surface area contributed by atoms with Gasteiger partial charge in [0, 0.05) is 40.1 Å². The van der Waals surface area contributed by atoms with Gasteiger partial charge in [0.2, 0.25) is 0 Å². The van der Waals surface area contributed by atoms with Crippen molar-refractivity contribution in [3.05, 3.63) is 106 Å². The number of hydrogen-bond donors (Lipinski definition) is 1. The SMILES string of the molecule is CCN1/C(=C\C=N\NC(=O)c2ccc(C(=O)OC)cc2)C(C)(Cc2ccccc2Cl)c2cc(OC)ccc21. The topological polar surface area (TPSA) is 80.2 Å². The lowest BCUT2D eigenvalue weighted by Gasteiger charge is -2.30. The van der Waals surface area contributed by atoms with E-state index in [1.807, 2.05) is 36.4 Å². The van der Waals surface area contributed by atoms with Crippen molar-refractivity contribution >= 4 is 35.4 Å². The standard InChI is InChI=1S/C30H30ClN3O4/c1-5-34-26-15-14-23(37-3)18-24(26)30(2,19-22-8-6-7-9-25(22)31)27(34)16-17-32-33-28(35)20-10-12-21(13-11-20)29(36)38-4/h6-18H,5,19H2,1-4H3,(H,33,35)/b27-16-,32-17+. The molecule has 8 heteroatoms. The number of carbonyl (C=O) groups is 2. The molecule has 1 atom stereocenters. The first-order valence-corrected chi connectivity index (χ1v) is 12.6. The molecule has 38 heavy (non-hydrogen) atoms. The predicted molar refractivity (Wildman–Crippen MR) is 150 cm³/mol. The average molecular weight is 532 g/mol. The lowest BCUT2D eigenvalue weighted by Crippen LogP contribution is -2.31. The summed E-state index contributed by atoms with van der Waals surface area (Å²) in [7, 11) is 2.97. The minimum atomic E-state index is -0.461. The van der Waals surface area contributed by atoms with Gasteiger partial charge in [0.25, 0.3) is 5.91 Å². The van der Waals surface area contributed by atoms with E-state index in [4.69, 9.17) is 21.1 Å². The van der Waals surface area contributed by atoms with Crippen LogP contribution >= 0.6 is 11.6 Å². The molecule has 0 radical (unpaired) electrons. The third-order valence-electron chi connectivity index (χ3n) is 6.80. The summed E-state index contributed by atoms with van der Waals surface area (Å²) >= 11 is 6.57. The van der Waals surface area contributed by atoms with Crippen LogP contribution in [-0.2, 0) is 16.6 Å². The summed E-state index contributed by atoms with van der Waals surface area (Å²) in [5.41, 5.74) is 7.17. The van der Waals surface area contributed by atoms with Gasteiger partial charge in [0.1, 0.15) is 5.75 Å². The fourth-order valence-electron chi connectivity index (χ4n) is 4.85. The molecule has 1 aliphatic heterocycles. The number of rotatable bonds is 8. The minimum absolute atomic E-state index is 0.368. The minimum Gasteiger partial charge on any atom is -0.497 e. The first-order chi connectivity index (χ1) is 18.3. The highest BCUT2D eigenvalue weighted by Crippen LogP contribution is 2.51. The Labute approximate surface area is 227 Å². The fourth-order valence-corrected chi connectivity index (χ4v) is 5.05. The molecule has 0 saturated heterocycles. The van der Waals surface area contributed by atoms with E-state index < -0.39 is 11.4 Å². The number of allylic oxidation sites excluding steroid dienone is 2. The number of nitrogens with zero attached hydrogens (tertiary/aromatic N) is 2. The highest BCUT2D eigenvalue weighted by atomic mass is 35.5. The second-order valence-electron chi connectivity index (χ2n) is 9.07. The number of ether oxygens (including phenoxy) is 2. The molecule has 0 spiro atoms. The normalized spacial score (nSPS) is 17.5. The van der Waals surface area contributed by atoms with Gasteiger partial charge in [-0.25, -0.2) is 10.2 Å². The lowest BCUT2D eigenvalue weighted by atomic mass is 9.76. The van der Waals surface area contributed by atoms with Crippen LogP contribution in [0.3, 0.4) is 0 Å². The van der Waals surface area contributed by atoms with Gasteiger partial charge in [-0.3, -0.25) is 4.79 Å². The molecule has 1 unspecified atom stereocenters. The maximum atomic E-state index is 12.6. The van der Waals surface area contributed by atoms with Crippen molar-refractivity contribution in [1.82, 2.24) is 5.43 Å². The average Bonchev–Trinajstić information content (AvgIpc) is 3.18. The Morgan fingerprint density at radius 2 is 1.76 bits per heavy atom. The van der Waals surface area contributed by atoms with Crippen molar-refractivity contribution in [3.8, 4) is 5.75 Å². The number of hydrogen-bond acceptors (Lipinski definition) is 6. The maximum Gasteiger partial charge on any atom is 0.337 e. The molecule has 1 heterocycles. The molecule has 196 valence electrons. The fraction of sp³-hybridized carbons (Fsp3) is 0.233. The summed E-state index contributed by atoms with van der Waals surface area (Å²) in [4.78, 5) is 26.4. The van der Waals surface area contributed by atoms with Crippen molar-refractivity contribution < 1.29 is 19.1 Å². The van der Waals surface area contributed by atoms with Crippen molar-refractivity contribution in [2.24, 2.45) is 5.10 Å². The first kappa shape index (κ1) is 26.9. The zero-order valence-electron chi connectivity index (χ0n) is 21.8. The summed E-state index contributed by atoms with van der Waals surface area (Å²) in [5, 5.41) is 4.88. The number of fused-ring (bicyclic) bond motifs is 1. The van der Waals surface area contributed by atoms with E-state index in [1.165, 1.54) is 19.2 Å². The van der Waals surface area contributed by atoms with E-state index in [9.17, 15) is 9.59 Å². The summed E-state index contributed by atoms with van der Waals surface area (Å²) in [5.74, 6) is -0.0654. The molecule has 1 N–H and O–H groups in total. The Morgan fingerprint density at radius 1 is 1.05 bits per heavy atom. The number of hydrazone groups is 1. The Hall–Kier alpha value is -4.10. The van der Waals surface area contributed by atoms with Crippen LogP contribution in [0.25, 0.3) is 0 Å². The Bertz CT molecular complexity index is 1400. The van der Waals surface area contributed by atoms with Crippen LogP contribution in [0.5, 0.6) is 5.75 Å². The van der Waals surface area contributed by atoms with Crippen LogP contribution in [0.1, 0.15) is 45.7 Å². The van der Waals surface area contributed by atoms with Crippen LogP contribution in [0.2, 0.25) is 5.02 Å². The molecule has 0 aromatic heterocycles. The molecule has 3 aromatic rings. The number of carbonyl (C=O) groups excluding carboxylic acids is 2. The molecule has 3 aromatic carbocycles. The van der Waals surface area contributed by atoms with Crippen molar-refractivity contribution in [2.75, 3.05) is 25.7 Å². The van der Waals surface area contributed by atoms with Gasteiger partial charge < -0.3 is 14.4 Å². The van der Waals surface area contributed by atoms with Gasteiger partial charge in [-0.15, -0.1) is 0 Å².